The highest BCUT2D eigenvalue weighted by atomic mass is 32.1. The van der Waals surface area contributed by atoms with Crippen LogP contribution in [0.15, 0.2) is 66.2 Å². The van der Waals surface area contributed by atoms with Crippen molar-refractivity contribution < 1.29 is 14.4 Å². The first-order chi connectivity index (χ1) is 15.7. The average molecular weight is 474 g/mol. The molecule has 3 heterocycles. The van der Waals surface area contributed by atoms with E-state index in [-0.39, 0.29) is 5.57 Å². The van der Waals surface area contributed by atoms with Crippen LogP contribution in [0.3, 0.4) is 0 Å². The number of urea groups is 1. The molecule has 1 saturated heterocycles. The van der Waals surface area contributed by atoms with E-state index in [9.17, 15) is 14.4 Å². The second kappa shape index (κ2) is 7.53. The Bertz CT molecular complexity index is 1280. The van der Waals surface area contributed by atoms with E-state index in [1.54, 1.807) is 6.08 Å². The van der Waals surface area contributed by atoms with Crippen LogP contribution in [-0.4, -0.2) is 49.8 Å². The molecule has 3 aromatic rings. The van der Waals surface area contributed by atoms with Crippen LogP contribution in [0.25, 0.3) is 6.08 Å². The standard InChI is InChI=1S/C25H23N3O3SSi/c1-26-23(29)17(24(30)27(2)25(26)31)15-16-13-14-22(32-16)28-18-9-5-7-11-20(18)33(3,4)21-12-8-6-10-19(21)28/h5-15H,1-4H3. The maximum atomic E-state index is 12.6. The van der Waals surface area contributed by atoms with Crippen molar-refractivity contribution in [2.75, 3.05) is 19.0 Å². The normalized spacial score (nSPS) is 17.3. The Morgan fingerprint density at radius 2 is 1.27 bits per heavy atom. The Labute approximate surface area is 197 Å². The summed E-state index contributed by atoms with van der Waals surface area (Å²) in [6.07, 6.45) is 1.58. The van der Waals surface area contributed by atoms with Gasteiger partial charge in [-0.05, 0) is 40.7 Å². The van der Waals surface area contributed by atoms with Gasteiger partial charge >= 0.3 is 6.03 Å². The molecule has 0 saturated carbocycles. The van der Waals surface area contributed by atoms with Crippen molar-refractivity contribution in [1.29, 1.82) is 0 Å². The van der Waals surface area contributed by atoms with E-state index in [4.69, 9.17) is 0 Å². The lowest BCUT2D eigenvalue weighted by atomic mass is 10.1. The minimum Gasteiger partial charge on any atom is -0.302 e. The van der Waals surface area contributed by atoms with Gasteiger partial charge in [0.15, 0.2) is 0 Å². The van der Waals surface area contributed by atoms with Crippen molar-refractivity contribution in [3.8, 4) is 0 Å². The maximum Gasteiger partial charge on any atom is 0.333 e. The lowest BCUT2D eigenvalue weighted by Crippen LogP contribution is -2.58. The van der Waals surface area contributed by atoms with E-state index in [2.05, 4.69) is 66.5 Å². The third kappa shape index (κ3) is 3.17. The molecular formula is C25H23N3O3SSi. The third-order valence-electron chi connectivity index (χ3n) is 6.40. The van der Waals surface area contributed by atoms with Crippen molar-refractivity contribution in [3.05, 3.63) is 71.1 Å². The largest absolute Gasteiger partial charge is 0.333 e. The highest BCUT2D eigenvalue weighted by molar-refractivity contribution is 7.17. The fourth-order valence-corrected chi connectivity index (χ4v) is 8.53. The zero-order chi connectivity index (χ0) is 23.5. The molecule has 2 aromatic carbocycles. The van der Waals surface area contributed by atoms with E-state index in [1.165, 1.54) is 47.2 Å². The molecule has 4 amide bonds. The number of para-hydroxylation sites is 2. The number of anilines is 3. The number of carbonyl (C=O) groups is 3. The van der Waals surface area contributed by atoms with Gasteiger partial charge in [-0.1, -0.05) is 49.5 Å². The SMILES string of the molecule is CN1C(=O)C(=Cc2ccc(N3c4ccccc4[Si](C)(C)c4ccccc43)s2)C(=O)N(C)C1=O. The lowest BCUT2D eigenvalue weighted by Gasteiger charge is -2.40. The van der Waals surface area contributed by atoms with Crippen LogP contribution in [0.4, 0.5) is 21.2 Å². The van der Waals surface area contributed by atoms with Gasteiger partial charge in [-0.25, -0.2) is 4.79 Å². The predicted octanol–water partition coefficient (Wildman–Crippen LogP) is 3.79. The van der Waals surface area contributed by atoms with Crippen molar-refractivity contribution in [1.82, 2.24) is 9.80 Å². The molecule has 1 aromatic heterocycles. The summed E-state index contributed by atoms with van der Waals surface area (Å²) >= 11 is 1.51. The number of imide groups is 2. The zero-order valence-corrected chi connectivity index (χ0v) is 20.6. The summed E-state index contributed by atoms with van der Waals surface area (Å²) in [5.74, 6) is -1.17. The van der Waals surface area contributed by atoms with Gasteiger partial charge in [0.05, 0.1) is 0 Å². The van der Waals surface area contributed by atoms with Crippen molar-refractivity contribution in [2.45, 2.75) is 13.1 Å². The van der Waals surface area contributed by atoms with Crippen molar-refractivity contribution >= 4 is 70.1 Å². The first kappa shape index (κ1) is 21.4. The first-order valence-corrected chi connectivity index (χ1v) is 14.4. The number of hydrogen-bond donors (Lipinski definition) is 0. The molecule has 8 heteroatoms. The number of amides is 4. The molecule has 0 spiro atoms. The fraction of sp³-hybridized carbons (Fsp3) is 0.160. The summed E-state index contributed by atoms with van der Waals surface area (Å²) in [4.78, 5) is 42.2. The van der Waals surface area contributed by atoms with Crippen molar-refractivity contribution in [3.63, 3.8) is 0 Å². The minimum absolute atomic E-state index is 0.0130. The van der Waals surface area contributed by atoms with Gasteiger partial charge in [-0.3, -0.25) is 19.4 Å². The Kier molecular flexibility index (Phi) is 4.88. The molecule has 6 nitrogen and oxygen atoms in total. The highest BCUT2D eigenvalue weighted by Gasteiger charge is 2.39. The quantitative estimate of drug-likeness (QED) is 0.323. The van der Waals surface area contributed by atoms with Crippen LogP contribution in [0, 0.1) is 0 Å². The monoisotopic (exact) mass is 473 g/mol. The summed E-state index contributed by atoms with van der Waals surface area (Å²) in [7, 11) is 0.911. The molecule has 2 aliphatic rings. The molecule has 0 unspecified atom stereocenters. The number of carbonyl (C=O) groups excluding carboxylic acids is 3. The number of thiophene rings is 1. The van der Waals surface area contributed by atoms with Crippen LogP contribution in [0.1, 0.15) is 4.88 Å². The molecule has 0 bridgehead atoms. The van der Waals surface area contributed by atoms with E-state index in [0.29, 0.717) is 0 Å². The Hall–Kier alpha value is -3.49. The van der Waals surface area contributed by atoms with E-state index < -0.39 is 25.9 Å². The van der Waals surface area contributed by atoms with E-state index in [0.717, 1.165) is 19.7 Å². The Morgan fingerprint density at radius 1 is 0.758 bits per heavy atom. The predicted molar refractivity (Wildman–Crippen MR) is 135 cm³/mol. The zero-order valence-electron chi connectivity index (χ0n) is 18.8. The van der Waals surface area contributed by atoms with E-state index in [1.807, 2.05) is 12.1 Å². The van der Waals surface area contributed by atoms with Crippen molar-refractivity contribution in [2.24, 2.45) is 0 Å². The lowest BCUT2D eigenvalue weighted by molar-refractivity contribution is -0.134. The topological polar surface area (TPSA) is 60.9 Å². The van der Waals surface area contributed by atoms with Gasteiger partial charge < -0.3 is 4.90 Å². The molecule has 5 rings (SSSR count). The van der Waals surface area contributed by atoms with E-state index >= 15 is 0 Å². The average Bonchev–Trinajstić information content (AvgIpc) is 3.28. The fourth-order valence-electron chi connectivity index (χ4n) is 4.56. The van der Waals surface area contributed by atoms with Gasteiger partial charge in [0.1, 0.15) is 18.6 Å². The van der Waals surface area contributed by atoms with Crippen LogP contribution < -0.4 is 15.3 Å². The van der Waals surface area contributed by atoms with Gasteiger partial charge in [-0.2, -0.15) is 0 Å². The van der Waals surface area contributed by atoms with Crippen LogP contribution in [0.5, 0.6) is 0 Å². The molecule has 166 valence electrons. The number of benzene rings is 2. The minimum atomic E-state index is -1.86. The molecule has 0 radical (unpaired) electrons. The molecule has 0 aliphatic carbocycles. The van der Waals surface area contributed by atoms with Crippen LogP contribution in [-0.2, 0) is 9.59 Å². The Morgan fingerprint density at radius 3 is 1.82 bits per heavy atom. The maximum absolute atomic E-state index is 12.6. The number of rotatable bonds is 2. The summed E-state index contributed by atoms with van der Waals surface area (Å²) in [5, 5.41) is 3.74. The second-order valence-corrected chi connectivity index (χ2v) is 14.2. The third-order valence-corrected chi connectivity index (χ3v) is 11.0. The number of fused-ring (bicyclic) bond motifs is 2. The second-order valence-electron chi connectivity index (χ2n) is 8.74. The molecule has 1 fully saturated rings. The smallest absolute Gasteiger partial charge is 0.302 e. The summed E-state index contributed by atoms with van der Waals surface area (Å²) in [5.41, 5.74) is 2.33. The molecule has 0 N–H and O–H groups in total. The van der Waals surface area contributed by atoms with Gasteiger partial charge in [0, 0.05) is 30.3 Å². The number of likely N-dealkylation sites (N-methyl/N-ethyl adjacent to an activating group) is 2. The Balaban J connectivity index is 1.61. The summed E-state index contributed by atoms with van der Waals surface area (Å²) < 4.78 is 0. The first-order valence-electron chi connectivity index (χ1n) is 10.6. The van der Waals surface area contributed by atoms with Gasteiger partial charge in [-0.15, -0.1) is 11.3 Å². The summed E-state index contributed by atoms with van der Waals surface area (Å²) in [6.45, 7) is 4.75. The number of nitrogens with zero attached hydrogens (tertiary/aromatic N) is 3. The summed E-state index contributed by atoms with van der Waals surface area (Å²) in [6, 6.07) is 20.4. The number of hydrogen-bond acceptors (Lipinski definition) is 5. The molecule has 33 heavy (non-hydrogen) atoms. The van der Waals surface area contributed by atoms with Crippen LogP contribution in [0.2, 0.25) is 13.1 Å². The van der Waals surface area contributed by atoms with Gasteiger partial charge in [0.2, 0.25) is 0 Å². The molecule has 0 atom stereocenters. The highest BCUT2D eigenvalue weighted by Crippen LogP contribution is 2.41. The van der Waals surface area contributed by atoms with Gasteiger partial charge in [0.25, 0.3) is 11.8 Å². The number of barbiturate groups is 1. The molecule has 2 aliphatic heterocycles. The molecular weight excluding hydrogens is 450 g/mol. The van der Waals surface area contributed by atoms with Crippen LogP contribution >= 0.6 is 11.3 Å².